The summed E-state index contributed by atoms with van der Waals surface area (Å²) >= 11 is -1.97. The van der Waals surface area contributed by atoms with E-state index in [0.29, 0.717) is 5.92 Å². The van der Waals surface area contributed by atoms with Gasteiger partial charge in [-0.3, -0.25) is 0 Å². The molecule has 1 N–H and O–H groups in total. The molecule has 0 aliphatic heterocycles. The Morgan fingerprint density at radius 2 is 1.37 bits per heavy atom. The molecule has 0 heterocycles. The van der Waals surface area contributed by atoms with Crippen LogP contribution in [0.3, 0.4) is 0 Å². The molecule has 0 aromatic heterocycles. The van der Waals surface area contributed by atoms with Gasteiger partial charge in [-0.1, -0.05) is 0 Å². The van der Waals surface area contributed by atoms with E-state index in [4.69, 9.17) is 0 Å². The van der Waals surface area contributed by atoms with Crippen molar-refractivity contribution < 1.29 is 5.11 Å². The molecule has 114 valence electrons. The third-order valence-corrected chi connectivity index (χ3v) is 23.3. The van der Waals surface area contributed by atoms with Crippen molar-refractivity contribution in [2.75, 3.05) is 0 Å². The SMILES string of the molecule is CCC[CH2][Sn]([CH2]CCC)([CH2]CCC)[C@@H]1C[C@H]1C(C)O. The van der Waals surface area contributed by atoms with Gasteiger partial charge in [-0.25, -0.2) is 0 Å². The number of rotatable bonds is 11. The van der Waals surface area contributed by atoms with E-state index in [9.17, 15) is 5.11 Å². The number of aliphatic hydroxyl groups is 1. The maximum atomic E-state index is 9.94. The molecule has 1 unspecified atom stereocenters. The molecular weight excluding hydrogens is 339 g/mol. The van der Waals surface area contributed by atoms with E-state index in [1.54, 1.807) is 13.3 Å². The normalized spacial score (nSPS) is 24.5. The van der Waals surface area contributed by atoms with Crippen LogP contribution in [-0.4, -0.2) is 29.6 Å². The van der Waals surface area contributed by atoms with Crippen molar-refractivity contribution >= 4 is 18.4 Å². The zero-order valence-electron chi connectivity index (χ0n) is 13.8. The van der Waals surface area contributed by atoms with E-state index in [0.717, 1.165) is 3.93 Å². The first-order chi connectivity index (χ1) is 9.11. The summed E-state index contributed by atoms with van der Waals surface area (Å²) in [5.41, 5.74) is 0. The van der Waals surface area contributed by atoms with Gasteiger partial charge in [0.2, 0.25) is 0 Å². The standard InChI is InChI=1S/C5H9O.3C4H9.Sn/c1-4(6)5-2-3-5;3*1-3-4-2;/h2,4-6H,3H2,1H3;3*1,3-4H2,2H3;/t4?,5-;;;;/m0..../s1. The maximum absolute atomic E-state index is 9.94. The summed E-state index contributed by atoms with van der Waals surface area (Å²) in [5, 5.41) is 9.94. The first-order valence-electron chi connectivity index (χ1n) is 8.79. The average Bonchev–Trinajstić information content (AvgIpc) is 3.19. The van der Waals surface area contributed by atoms with Gasteiger partial charge in [-0.15, -0.1) is 0 Å². The van der Waals surface area contributed by atoms with Crippen LogP contribution in [0, 0.1) is 5.92 Å². The summed E-state index contributed by atoms with van der Waals surface area (Å²) in [7, 11) is 0. The van der Waals surface area contributed by atoms with Crippen molar-refractivity contribution in [2.45, 2.75) is 96.0 Å². The third-order valence-electron chi connectivity index (χ3n) is 5.33. The van der Waals surface area contributed by atoms with Gasteiger partial charge in [0.25, 0.3) is 0 Å². The molecule has 1 nitrogen and oxygen atoms in total. The molecule has 1 fully saturated rings. The van der Waals surface area contributed by atoms with E-state index in [1.807, 2.05) is 6.92 Å². The Hall–Kier alpha value is 0.759. The van der Waals surface area contributed by atoms with Crippen LogP contribution in [0.4, 0.5) is 0 Å². The molecule has 1 rings (SSSR count). The summed E-state index contributed by atoms with van der Waals surface area (Å²) in [4.78, 5) is 0. The molecule has 0 radical (unpaired) electrons. The van der Waals surface area contributed by atoms with Gasteiger partial charge in [-0.2, -0.15) is 0 Å². The van der Waals surface area contributed by atoms with Crippen molar-refractivity contribution in [2.24, 2.45) is 5.92 Å². The number of aliphatic hydroxyl groups excluding tert-OH is 1. The second kappa shape index (κ2) is 8.92. The Morgan fingerprint density at radius 3 is 1.63 bits per heavy atom. The summed E-state index contributed by atoms with van der Waals surface area (Å²) < 4.78 is 5.86. The fourth-order valence-electron chi connectivity index (χ4n) is 3.97. The molecule has 0 spiro atoms. The average molecular weight is 375 g/mol. The van der Waals surface area contributed by atoms with Crippen LogP contribution in [0.1, 0.15) is 72.6 Å². The Labute approximate surface area is 125 Å². The molecule has 1 aliphatic carbocycles. The Balaban J connectivity index is 2.71. The van der Waals surface area contributed by atoms with Gasteiger partial charge in [0.1, 0.15) is 0 Å². The van der Waals surface area contributed by atoms with Crippen molar-refractivity contribution in [3.05, 3.63) is 0 Å². The fraction of sp³-hybridized carbons (Fsp3) is 1.00. The van der Waals surface area contributed by atoms with Crippen LogP contribution in [0.5, 0.6) is 0 Å². The topological polar surface area (TPSA) is 20.2 Å². The van der Waals surface area contributed by atoms with Crippen LogP contribution in [-0.2, 0) is 0 Å². The molecule has 1 aliphatic rings. The molecule has 1 saturated carbocycles. The molecule has 0 aromatic carbocycles. The van der Waals surface area contributed by atoms with E-state index in [2.05, 4.69) is 20.8 Å². The van der Waals surface area contributed by atoms with Crippen LogP contribution in [0.15, 0.2) is 0 Å². The summed E-state index contributed by atoms with van der Waals surface area (Å²) in [6.07, 6.45) is 9.83. The fourth-order valence-corrected chi connectivity index (χ4v) is 23.9. The second-order valence-corrected chi connectivity index (χ2v) is 21.1. The molecule has 0 amide bonds. The first kappa shape index (κ1) is 17.8. The molecule has 2 heteroatoms. The van der Waals surface area contributed by atoms with Gasteiger partial charge < -0.3 is 0 Å². The molecule has 0 aromatic rings. The van der Waals surface area contributed by atoms with E-state index < -0.39 is 18.4 Å². The predicted molar refractivity (Wildman–Crippen MR) is 88.4 cm³/mol. The van der Waals surface area contributed by atoms with Crippen molar-refractivity contribution in [1.29, 1.82) is 0 Å². The Kier molecular flexibility index (Phi) is 8.36. The van der Waals surface area contributed by atoms with Crippen LogP contribution in [0.25, 0.3) is 0 Å². The molecule has 0 bridgehead atoms. The van der Waals surface area contributed by atoms with Gasteiger partial charge >= 0.3 is 125 Å². The monoisotopic (exact) mass is 376 g/mol. The molecule has 0 saturated heterocycles. The molecule has 3 atom stereocenters. The summed E-state index contributed by atoms with van der Waals surface area (Å²) in [6, 6.07) is 0. The minimum absolute atomic E-state index is 0.0362. The number of unbranched alkanes of at least 4 members (excludes halogenated alkanes) is 3. The van der Waals surface area contributed by atoms with E-state index in [1.165, 1.54) is 44.9 Å². The summed E-state index contributed by atoms with van der Waals surface area (Å²) in [6.45, 7) is 9.06. The number of hydrogen-bond acceptors (Lipinski definition) is 1. The van der Waals surface area contributed by atoms with Crippen molar-refractivity contribution in [1.82, 2.24) is 0 Å². The summed E-state index contributed by atoms with van der Waals surface area (Å²) in [5.74, 6) is 0.696. The van der Waals surface area contributed by atoms with Crippen LogP contribution in [0.2, 0.25) is 17.2 Å². The van der Waals surface area contributed by atoms with E-state index in [-0.39, 0.29) is 6.10 Å². The van der Waals surface area contributed by atoms with Gasteiger partial charge in [0, 0.05) is 0 Å². The van der Waals surface area contributed by atoms with Gasteiger partial charge in [0.05, 0.1) is 0 Å². The quantitative estimate of drug-likeness (QED) is 0.466. The van der Waals surface area contributed by atoms with Crippen molar-refractivity contribution in [3.8, 4) is 0 Å². The Bertz CT molecular complexity index is 218. The molecule has 19 heavy (non-hydrogen) atoms. The predicted octanol–water partition coefficient (Wildman–Crippen LogP) is 5.61. The minimum atomic E-state index is -1.97. The zero-order valence-corrected chi connectivity index (χ0v) is 16.6. The van der Waals surface area contributed by atoms with Crippen LogP contribution >= 0.6 is 0 Å². The zero-order chi connectivity index (χ0) is 14.3. The first-order valence-corrected chi connectivity index (χ1v) is 16.5. The van der Waals surface area contributed by atoms with Gasteiger partial charge in [0.15, 0.2) is 0 Å². The van der Waals surface area contributed by atoms with Crippen molar-refractivity contribution in [3.63, 3.8) is 0 Å². The Morgan fingerprint density at radius 1 is 0.947 bits per heavy atom. The van der Waals surface area contributed by atoms with Crippen LogP contribution < -0.4 is 0 Å². The molecular formula is C17H36OSn. The second-order valence-electron chi connectivity index (χ2n) is 6.92. The number of hydrogen-bond donors (Lipinski definition) is 1. The van der Waals surface area contributed by atoms with Gasteiger partial charge in [-0.05, 0) is 0 Å². The third kappa shape index (κ3) is 5.22. The van der Waals surface area contributed by atoms with E-state index >= 15 is 0 Å².